The molecule has 5 heteroatoms. The Morgan fingerprint density at radius 2 is 2.14 bits per heavy atom. The Morgan fingerprint density at radius 1 is 1.36 bits per heavy atom. The van der Waals surface area contributed by atoms with Crippen LogP contribution in [-0.4, -0.2) is 23.5 Å². The summed E-state index contributed by atoms with van der Waals surface area (Å²) in [4.78, 5) is 16.8. The molecule has 2 unspecified atom stereocenters. The molecule has 2 heterocycles. The summed E-state index contributed by atoms with van der Waals surface area (Å²) in [5.41, 5.74) is 2.90. The third kappa shape index (κ3) is 3.54. The third-order valence-electron chi connectivity index (χ3n) is 4.05. The predicted molar refractivity (Wildman–Crippen MR) is 91.1 cm³/mol. The van der Waals surface area contributed by atoms with Gasteiger partial charge in [-0.05, 0) is 44.4 Å². The first-order chi connectivity index (χ1) is 10.6. The molecule has 1 saturated heterocycles. The SMILES string of the molecule is Cc1nc(-c2ccc(NC(=O)C3CC(C)CCN3)cc2)cs1. The van der Waals surface area contributed by atoms with Crippen molar-refractivity contribution in [2.45, 2.75) is 32.7 Å². The maximum atomic E-state index is 12.3. The van der Waals surface area contributed by atoms with Gasteiger partial charge < -0.3 is 10.6 Å². The number of nitrogens with one attached hydrogen (secondary N) is 2. The number of hydrogen-bond donors (Lipinski definition) is 2. The highest BCUT2D eigenvalue weighted by atomic mass is 32.1. The van der Waals surface area contributed by atoms with Crippen molar-refractivity contribution >= 4 is 22.9 Å². The first-order valence-corrected chi connectivity index (χ1v) is 8.56. The molecule has 3 rings (SSSR count). The molecule has 1 aliphatic heterocycles. The molecule has 0 aliphatic carbocycles. The number of amides is 1. The van der Waals surface area contributed by atoms with E-state index in [-0.39, 0.29) is 11.9 Å². The van der Waals surface area contributed by atoms with Crippen LogP contribution in [0.4, 0.5) is 5.69 Å². The van der Waals surface area contributed by atoms with Crippen molar-refractivity contribution in [1.29, 1.82) is 0 Å². The molecule has 4 nitrogen and oxygen atoms in total. The molecule has 1 aliphatic rings. The number of aryl methyl sites for hydroxylation is 1. The summed E-state index contributed by atoms with van der Waals surface area (Å²) >= 11 is 1.64. The Bertz CT molecular complexity index is 650. The average Bonchev–Trinajstić information content (AvgIpc) is 2.94. The number of carbonyl (C=O) groups excluding carboxylic acids is 1. The van der Waals surface area contributed by atoms with Crippen LogP contribution in [0.1, 0.15) is 24.8 Å². The fourth-order valence-corrected chi connectivity index (χ4v) is 3.38. The Morgan fingerprint density at radius 3 is 2.77 bits per heavy atom. The van der Waals surface area contributed by atoms with Gasteiger partial charge in [0.1, 0.15) is 0 Å². The lowest BCUT2D eigenvalue weighted by Gasteiger charge is -2.27. The highest BCUT2D eigenvalue weighted by Crippen LogP contribution is 2.23. The van der Waals surface area contributed by atoms with Crippen LogP contribution in [0.25, 0.3) is 11.3 Å². The Labute approximate surface area is 135 Å². The summed E-state index contributed by atoms with van der Waals surface area (Å²) < 4.78 is 0. The van der Waals surface area contributed by atoms with E-state index in [4.69, 9.17) is 0 Å². The number of hydrogen-bond acceptors (Lipinski definition) is 4. The molecule has 1 amide bonds. The van der Waals surface area contributed by atoms with Crippen molar-refractivity contribution in [3.8, 4) is 11.3 Å². The van der Waals surface area contributed by atoms with Crippen LogP contribution in [-0.2, 0) is 4.79 Å². The van der Waals surface area contributed by atoms with Crippen LogP contribution in [0.5, 0.6) is 0 Å². The van der Waals surface area contributed by atoms with Gasteiger partial charge in [0, 0.05) is 16.6 Å². The highest BCUT2D eigenvalue weighted by Gasteiger charge is 2.24. The molecule has 22 heavy (non-hydrogen) atoms. The largest absolute Gasteiger partial charge is 0.325 e. The molecular formula is C17H21N3OS. The molecule has 116 valence electrons. The second kappa shape index (κ2) is 6.58. The van der Waals surface area contributed by atoms with Gasteiger partial charge in [0.25, 0.3) is 0 Å². The maximum absolute atomic E-state index is 12.3. The van der Waals surface area contributed by atoms with E-state index in [2.05, 4.69) is 27.9 Å². The molecule has 0 saturated carbocycles. The van der Waals surface area contributed by atoms with Gasteiger partial charge in [0.2, 0.25) is 5.91 Å². The second-order valence-electron chi connectivity index (χ2n) is 5.95. The van der Waals surface area contributed by atoms with Gasteiger partial charge in [-0.1, -0.05) is 19.1 Å². The minimum atomic E-state index is -0.0791. The number of aromatic nitrogens is 1. The minimum Gasteiger partial charge on any atom is -0.325 e. The number of piperidine rings is 1. The quantitative estimate of drug-likeness (QED) is 0.912. The predicted octanol–water partition coefficient (Wildman–Crippen LogP) is 3.45. The number of thiazole rings is 1. The second-order valence-corrected chi connectivity index (χ2v) is 7.02. The molecule has 0 spiro atoms. The van der Waals surface area contributed by atoms with Crippen molar-refractivity contribution in [2.75, 3.05) is 11.9 Å². The molecule has 1 fully saturated rings. The normalized spacial score (nSPS) is 21.5. The Kier molecular flexibility index (Phi) is 4.55. The fourth-order valence-electron chi connectivity index (χ4n) is 2.76. The molecule has 1 aromatic carbocycles. The maximum Gasteiger partial charge on any atom is 0.241 e. The van der Waals surface area contributed by atoms with Gasteiger partial charge in [-0.25, -0.2) is 4.98 Å². The lowest BCUT2D eigenvalue weighted by molar-refractivity contribution is -0.119. The number of rotatable bonds is 3. The van der Waals surface area contributed by atoms with E-state index in [0.29, 0.717) is 5.92 Å². The van der Waals surface area contributed by atoms with Crippen molar-refractivity contribution < 1.29 is 4.79 Å². The smallest absolute Gasteiger partial charge is 0.241 e. The number of carbonyl (C=O) groups is 1. The van der Waals surface area contributed by atoms with E-state index in [1.807, 2.05) is 31.2 Å². The standard InChI is InChI=1S/C17H21N3OS/c1-11-7-8-18-15(9-11)17(21)20-14-5-3-13(4-6-14)16-10-22-12(2)19-16/h3-6,10-11,15,18H,7-9H2,1-2H3,(H,20,21). The summed E-state index contributed by atoms with van der Waals surface area (Å²) in [5.74, 6) is 0.663. The minimum absolute atomic E-state index is 0.0591. The number of anilines is 1. The zero-order valence-corrected chi connectivity index (χ0v) is 13.7. The Balaban J connectivity index is 1.64. The van der Waals surface area contributed by atoms with Crippen LogP contribution < -0.4 is 10.6 Å². The molecule has 1 aromatic heterocycles. The fraction of sp³-hybridized carbons (Fsp3) is 0.412. The van der Waals surface area contributed by atoms with E-state index in [0.717, 1.165) is 41.3 Å². The number of nitrogens with zero attached hydrogens (tertiary/aromatic N) is 1. The zero-order chi connectivity index (χ0) is 15.5. The third-order valence-corrected chi connectivity index (χ3v) is 4.82. The van der Waals surface area contributed by atoms with Crippen molar-refractivity contribution in [2.24, 2.45) is 5.92 Å². The lowest BCUT2D eigenvalue weighted by atomic mass is 9.94. The zero-order valence-electron chi connectivity index (χ0n) is 12.9. The van der Waals surface area contributed by atoms with Gasteiger partial charge in [-0.2, -0.15) is 0 Å². The van der Waals surface area contributed by atoms with Gasteiger partial charge in [0.15, 0.2) is 0 Å². The van der Waals surface area contributed by atoms with Gasteiger partial charge in [-0.15, -0.1) is 11.3 Å². The molecule has 2 N–H and O–H groups in total. The number of benzene rings is 1. The molecule has 2 aromatic rings. The lowest BCUT2D eigenvalue weighted by Crippen LogP contribution is -2.45. The van der Waals surface area contributed by atoms with Crippen LogP contribution >= 0.6 is 11.3 Å². The first kappa shape index (κ1) is 15.2. The van der Waals surface area contributed by atoms with Crippen LogP contribution in [0.2, 0.25) is 0 Å². The van der Waals surface area contributed by atoms with E-state index >= 15 is 0 Å². The molecular weight excluding hydrogens is 294 g/mol. The van der Waals surface area contributed by atoms with Crippen LogP contribution in [0.3, 0.4) is 0 Å². The van der Waals surface area contributed by atoms with E-state index < -0.39 is 0 Å². The summed E-state index contributed by atoms with van der Waals surface area (Å²) in [6, 6.07) is 7.80. The van der Waals surface area contributed by atoms with Crippen LogP contribution in [0.15, 0.2) is 29.6 Å². The summed E-state index contributed by atoms with van der Waals surface area (Å²) in [6.45, 7) is 5.12. The monoisotopic (exact) mass is 315 g/mol. The van der Waals surface area contributed by atoms with E-state index in [9.17, 15) is 4.79 Å². The Hall–Kier alpha value is -1.72. The van der Waals surface area contributed by atoms with E-state index in [1.165, 1.54) is 0 Å². The van der Waals surface area contributed by atoms with Gasteiger partial charge in [0.05, 0.1) is 16.7 Å². The van der Waals surface area contributed by atoms with Crippen molar-refractivity contribution in [1.82, 2.24) is 10.3 Å². The summed E-state index contributed by atoms with van der Waals surface area (Å²) in [7, 11) is 0. The summed E-state index contributed by atoms with van der Waals surface area (Å²) in [6.07, 6.45) is 2.05. The van der Waals surface area contributed by atoms with Gasteiger partial charge in [-0.3, -0.25) is 4.79 Å². The topological polar surface area (TPSA) is 54.0 Å². The molecule has 0 bridgehead atoms. The molecule has 2 atom stereocenters. The van der Waals surface area contributed by atoms with Crippen LogP contribution in [0, 0.1) is 12.8 Å². The average molecular weight is 315 g/mol. The van der Waals surface area contributed by atoms with Crippen molar-refractivity contribution in [3.05, 3.63) is 34.7 Å². The first-order valence-electron chi connectivity index (χ1n) is 7.68. The van der Waals surface area contributed by atoms with Gasteiger partial charge >= 0.3 is 0 Å². The molecule has 0 radical (unpaired) electrons. The van der Waals surface area contributed by atoms with E-state index in [1.54, 1.807) is 11.3 Å². The summed E-state index contributed by atoms with van der Waals surface area (Å²) in [5, 5.41) is 9.40. The van der Waals surface area contributed by atoms with Crippen molar-refractivity contribution in [3.63, 3.8) is 0 Å². The highest BCUT2D eigenvalue weighted by molar-refractivity contribution is 7.09.